The van der Waals surface area contributed by atoms with Crippen LogP contribution < -0.4 is 10.6 Å². The number of amides is 1. The van der Waals surface area contributed by atoms with Crippen LogP contribution in [0.15, 0.2) is 18.2 Å². The maximum absolute atomic E-state index is 13.7. The van der Waals surface area contributed by atoms with E-state index in [2.05, 4.69) is 17.6 Å². The first-order valence-electron chi connectivity index (χ1n) is 7.85. The second-order valence-electron chi connectivity index (χ2n) is 6.31. The summed E-state index contributed by atoms with van der Waals surface area (Å²) in [5.74, 6) is -0.328. The zero-order valence-electron chi connectivity index (χ0n) is 14.0. The van der Waals surface area contributed by atoms with Gasteiger partial charge in [-0.3, -0.25) is 5.32 Å². The number of carbonyl (C=O) groups excluding carboxylic acids is 1. The van der Waals surface area contributed by atoms with E-state index in [0.29, 0.717) is 17.9 Å². The van der Waals surface area contributed by atoms with Gasteiger partial charge < -0.3 is 10.1 Å². The monoisotopic (exact) mass is 310 g/mol. The van der Waals surface area contributed by atoms with Gasteiger partial charge in [-0.25, -0.2) is 9.18 Å². The number of benzene rings is 1. The highest BCUT2D eigenvalue weighted by molar-refractivity contribution is 5.85. The molecule has 5 heteroatoms. The molecule has 1 rings (SSSR count). The van der Waals surface area contributed by atoms with Crippen LogP contribution in [0, 0.1) is 5.82 Å². The Bertz CT molecular complexity index is 484. The van der Waals surface area contributed by atoms with Gasteiger partial charge in [0.1, 0.15) is 11.4 Å². The molecule has 0 spiro atoms. The van der Waals surface area contributed by atoms with E-state index in [1.54, 1.807) is 26.8 Å². The van der Waals surface area contributed by atoms with Gasteiger partial charge in [0.05, 0.1) is 5.69 Å². The summed E-state index contributed by atoms with van der Waals surface area (Å²) in [6, 6.07) is 4.43. The van der Waals surface area contributed by atoms with Gasteiger partial charge in [-0.05, 0) is 45.4 Å². The summed E-state index contributed by atoms with van der Waals surface area (Å²) in [6.07, 6.45) is 3.93. The number of halogens is 1. The Morgan fingerprint density at radius 1 is 1.23 bits per heavy atom. The molecule has 0 atom stereocenters. The fourth-order valence-electron chi connectivity index (χ4n) is 1.93. The molecule has 1 aromatic carbocycles. The van der Waals surface area contributed by atoms with Crippen molar-refractivity contribution < 1.29 is 13.9 Å². The van der Waals surface area contributed by atoms with E-state index in [4.69, 9.17) is 4.74 Å². The molecule has 1 aromatic rings. The summed E-state index contributed by atoms with van der Waals surface area (Å²) in [4.78, 5) is 11.7. The summed E-state index contributed by atoms with van der Waals surface area (Å²) in [5.41, 5.74) is 0.335. The third kappa shape index (κ3) is 7.29. The van der Waals surface area contributed by atoms with Gasteiger partial charge in [0.2, 0.25) is 0 Å². The molecule has 0 fully saturated rings. The number of rotatable bonds is 7. The molecule has 0 aliphatic heterocycles. The Balaban J connectivity index is 2.56. The minimum atomic E-state index is -0.565. The van der Waals surface area contributed by atoms with Gasteiger partial charge in [0, 0.05) is 12.2 Å². The second-order valence-corrected chi connectivity index (χ2v) is 6.31. The Labute approximate surface area is 132 Å². The molecule has 22 heavy (non-hydrogen) atoms. The van der Waals surface area contributed by atoms with Gasteiger partial charge in [-0.2, -0.15) is 0 Å². The fourth-order valence-corrected chi connectivity index (χ4v) is 1.93. The standard InChI is InChI=1S/C17H27FN2O2/c1-5-6-7-8-11-19-15-12-13(9-10-14(15)18)20-16(21)22-17(2,3)4/h9-10,12,19H,5-8,11H2,1-4H3,(H,20,21). The molecule has 0 heterocycles. The molecule has 0 saturated heterocycles. The van der Waals surface area contributed by atoms with Crippen molar-refractivity contribution in [1.29, 1.82) is 0 Å². The van der Waals surface area contributed by atoms with E-state index in [0.717, 1.165) is 12.8 Å². The number of nitrogens with one attached hydrogen (secondary N) is 2. The lowest BCUT2D eigenvalue weighted by Crippen LogP contribution is -2.27. The Morgan fingerprint density at radius 2 is 1.95 bits per heavy atom. The van der Waals surface area contributed by atoms with Gasteiger partial charge in [0.15, 0.2) is 0 Å². The van der Waals surface area contributed by atoms with Crippen molar-refractivity contribution in [2.45, 2.75) is 59.0 Å². The van der Waals surface area contributed by atoms with Crippen molar-refractivity contribution in [3.8, 4) is 0 Å². The lowest BCUT2D eigenvalue weighted by Gasteiger charge is -2.20. The Hall–Kier alpha value is -1.78. The third-order valence-electron chi connectivity index (χ3n) is 2.96. The topological polar surface area (TPSA) is 50.4 Å². The van der Waals surface area contributed by atoms with Crippen molar-refractivity contribution in [2.75, 3.05) is 17.2 Å². The van der Waals surface area contributed by atoms with Gasteiger partial charge in [0.25, 0.3) is 0 Å². The van der Waals surface area contributed by atoms with Crippen LogP contribution in [0.25, 0.3) is 0 Å². The number of hydrogen-bond acceptors (Lipinski definition) is 3. The van der Waals surface area contributed by atoms with E-state index >= 15 is 0 Å². The minimum Gasteiger partial charge on any atom is -0.444 e. The predicted octanol–water partition coefficient (Wildman–Crippen LogP) is 5.16. The van der Waals surface area contributed by atoms with E-state index < -0.39 is 11.7 Å². The SMILES string of the molecule is CCCCCCNc1cc(NC(=O)OC(C)(C)C)ccc1F. The Morgan fingerprint density at radius 3 is 2.59 bits per heavy atom. The second kappa shape index (κ2) is 8.61. The average Bonchev–Trinajstić information content (AvgIpc) is 2.39. The first kappa shape index (κ1) is 18.3. The molecule has 0 aromatic heterocycles. The molecule has 2 N–H and O–H groups in total. The zero-order chi connectivity index (χ0) is 16.6. The van der Waals surface area contributed by atoms with Crippen LogP contribution in [0.2, 0.25) is 0 Å². The van der Waals surface area contributed by atoms with E-state index in [-0.39, 0.29) is 5.82 Å². The summed E-state index contributed by atoms with van der Waals surface area (Å²) < 4.78 is 18.9. The van der Waals surface area contributed by atoms with Crippen LogP contribution in [-0.4, -0.2) is 18.2 Å². The van der Waals surface area contributed by atoms with Crippen LogP contribution in [0.5, 0.6) is 0 Å². The van der Waals surface area contributed by atoms with E-state index in [1.807, 2.05) is 0 Å². The van der Waals surface area contributed by atoms with Crippen molar-refractivity contribution in [3.05, 3.63) is 24.0 Å². The number of hydrogen-bond donors (Lipinski definition) is 2. The third-order valence-corrected chi connectivity index (χ3v) is 2.96. The molecule has 1 amide bonds. The number of anilines is 2. The molecule has 0 aliphatic rings. The zero-order valence-corrected chi connectivity index (χ0v) is 14.0. The minimum absolute atomic E-state index is 0.328. The predicted molar refractivity (Wildman–Crippen MR) is 88.9 cm³/mol. The number of carbonyl (C=O) groups is 1. The quantitative estimate of drug-likeness (QED) is 0.683. The molecular weight excluding hydrogens is 283 g/mol. The first-order chi connectivity index (χ1) is 10.3. The lowest BCUT2D eigenvalue weighted by molar-refractivity contribution is 0.0636. The molecule has 124 valence electrons. The smallest absolute Gasteiger partial charge is 0.412 e. The van der Waals surface area contributed by atoms with Crippen LogP contribution in [0.3, 0.4) is 0 Å². The summed E-state index contributed by atoms with van der Waals surface area (Å²) in [7, 11) is 0. The van der Waals surface area contributed by atoms with Crippen LogP contribution in [0.4, 0.5) is 20.6 Å². The molecule has 0 radical (unpaired) electrons. The van der Waals surface area contributed by atoms with Crippen molar-refractivity contribution in [2.24, 2.45) is 0 Å². The molecule has 0 saturated carbocycles. The largest absolute Gasteiger partial charge is 0.444 e. The molecule has 0 aliphatic carbocycles. The maximum Gasteiger partial charge on any atom is 0.412 e. The van der Waals surface area contributed by atoms with E-state index in [9.17, 15) is 9.18 Å². The maximum atomic E-state index is 13.7. The molecular formula is C17H27FN2O2. The molecule has 4 nitrogen and oxygen atoms in total. The fraction of sp³-hybridized carbons (Fsp3) is 0.588. The molecule has 0 unspecified atom stereocenters. The molecule has 0 bridgehead atoms. The average molecular weight is 310 g/mol. The number of ether oxygens (including phenoxy) is 1. The van der Waals surface area contributed by atoms with Crippen molar-refractivity contribution in [3.63, 3.8) is 0 Å². The summed E-state index contributed by atoms with van der Waals surface area (Å²) >= 11 is 0. The Kier molecular flexibility index (Phi) is 7.15. The van der Waals surface area contributed by atoms with Crippen LogP contribution in [0.1, 0.15) is 53.4 Å². The van der Waals surface area contributed by atoms with Crippen LogP contribution in [-0.2, 0) is 4.74 Å². The van der Waals surface area contributed by atoms with Gasteiger partial charge in [-0.1, -0.05) is 26.2 Å². The number of unbranched alkanes of at least 4 members (excludes halogenated alkanes) is 3. The first-order valence-corrected chi connectivity index (χ1v) is 7.85. The van der Waals surface area contributed by atoms with Gasteiger partial charge >= 0.3 is 6.09 Å². The lowest BCUT2D eigenvalue weighted by atomic mass is 10.2. The highest BCUT2D eigenvalue weighted by Gasteiger charge is 2.16. The van der Waals surface area contributed by atoms with E-state index in [1.165, 1.54) is 25.0 Å². The summed E-state index contributed by atoms with van der Waals surface area (Å²) in [6.45, 7) is 8.24. The van der Waals surface area contributed by atoms with Crippen LogP contribution >= 0.6 is 0 Å². The summed E-state index contributed by atoms with van der Waals surface area (Å²) in [5, 5.41) is 5.68. The highest BCUT2D eigenvalue weighted by Crippen LogP contribution is 2.20. The van der Waals surface area contributed by atoms with Crippen molar-refractivity contribution in [1.82, 2.24) is 0 Å². The van der Waals surface area contributed by atoms with Crippen molar-refractivity contribution >= 4 is 17.5 Å². The highest BCUT2D eigenvalue weighted by atomic mass is 19.1. The normalized spacial score (nSPS) is 11.1. The van der Waals surface area contributed by atoms with Gasteiger partial charge in [-0.15, -0.1) is 0 Å².